The Bertz CT molecular complexity index is 1650. The zero-order valence-electron chi connectivity index (χ0n) is 24.7. The summed E-state index contributed by atoms with van der Waals surface area (Å²) in [5.41, 5.74) is 10.0. The molecule has 2 aromatic heterocycles. The number of benzene rings is 2. The molecule has 42 heavy (non-hydrogen) atoms. The number of nitrogens with two attached hydrogens (primary N) is 1. The number of hydrogen-bond donors (Lipinski definition) is 1. The SMILES string of the molecule is COCCn1c(C)c(C)c2cc(C(=O)N3CCCC(Cn4cc(-c5cc(F)c(Br)c(F)c5N)nn4)(C(C)C)C3)ccc21. The van der Waals surface area contributed by atoms with E-state index in [1.165, 1.54) is 11.3 Å². The number of anilines is 1. The minimum Gasteiger partial charge on any atom is -0.396 e. The Morgan fingerprint density at radius 3 is 2.71 bits per heavy atom. The van der Waals surface area contributed by atoms with Crippen LogP contribution in [-0.2, 0) is 17.8 Å². The number of carbonyl (C=O) groups is 1. The van der Waals surface area contributed by atoms with Gasteiger partial charge in [0.1, 0.15) is 11.5 Å². The molecule has 0 aliphatic carbocycles. The maximum Gasteiger partial charge on any atom is 0.253 e. The van der Waals surface area contributed by atoms with Crippen LogP contribution in [0.15, 0.2) is 34.9 Å². The van der Waals surface area contributed by atoms with Crippen LogP contribution < -0.4 is 5.73 Å². The van der Waals surface area contributed by atoms with Gasteiger partial charge in [0.25, 0.3) is 5.91 Å². The Morgan fingerprint density at radius 2 is 2.00 bits per heavy atom. The van der Waals surface area contributed by atoms with Gasteiger partial charge in [-0.3, -0.25) is 9.48 Å². The van der Waals surface area contributed by atoms with Crippen LogP contribution in [0.2, 0.25) is 0 Å². The van der Waals surface area contributed by atoms with E-state index in [1.807, 2.05) is 23.1 Å². The van der Waals surface area contributed by atoms with Crippen LogP contribution in [0.4, 0.5) is 14.5 Å². The van der Waals surface area contributed by atoms with Crippen LogP contribution in [0.5, 0.6) is 0 Å². The highest BCUT2D eigenvalue weighted by molar-refractivity contribution is 9.10. The first-order valence-corrected chi connectivity index (χ1v) is 15.0. The molecule has 4 aromatic rings. The molecule has 1 fully saturated rings. The predicted octanol–water partition coefficient (Wildman–Crippen LogP) is 6.36. The van der Waals surface area contributed by atoms with Gasteiger partial charge in [0.2, 0.25) is 0 Å². The zero-order chi connectivity index (χ0) is 30.3. The number of ether oxygens (including phenoxy) is 1. The van der Waals surface area contributed by atoms with Gasteiger partial charge in [-0.25, -0.2) is 8.78 Å². The standard InChI is InChI=1S/C31H37BrF2N6O2/c1-18(2)31(17-39-15-25(36-37-39)23-14-24(33)27(32)28(34)29(23)35)9-6-10-38(16-31)30(41)21-7-8-26-22(13-21)19(3)20(4)40(26)11-12-42-5/h7-8,13-15,18H,6,9-12,16-17,35H2,1-5H3. The van der Waals surface area contributed by atoms with Gasteiger partial charge in [0.05, 0.1) is 29.5 Å². The first kappa shape index (κ1) is 30.2. The molecule has 0 spiro atoms. The summed E-state index contributed by atoms with van der Waals surface area (Å²) in [5, 5.41) is 9.54. The molecule has 2 N–H and O–H groups in total. The molecule has 1 amide bonds. The lowest BCUT2D eigenvalue weighted by Gasteiger charge is -2.45. The maximum absolute atomic E-state index is 14.4. The molecule has 1 atom stereocenters. The molecule has 8 nitrogen and oxygen atoms in total. The van der Waals surface area contributed by atoms with Crippen LogP contribution in [-0.4, -0.2) is 57.2 Å². The van der Waals surface area contributed by atoms with Crippen molar-refractivity contribution in [3.05, 3.63) is 63.4 Å². The summed E-state index contributed by atoms with van der Waals surface area (Å²) >= 11 is 2.88. The van der Waals surface area contributed by atoms with Crippen molar-refractivity contribution in [3.63, 3.8) is 0 Å². The number of amides is 1. The topological polar surface area (TPSA) is 91.2 Å². The second kappa shape index (κ2) is 11.8. The highest BCUT2D eigenvalue weighted by atomic mass is 79.9. The van der Waals surface area contributed by atoms with E-state index in [2.05, 4.69) is 58.5 Å². The fraction of sp³-hybridized carbons (Fsp3) is 0.452. The molecule has 0 bridgehead atoms. The molecular formula is C31H37BrF2N6O2. The van der Waals surface area contributed by atoms with Crippen LogP contribution in [0.3, 0.4) is 0 Å². The lowest BCUT2D eigenvalue weighted by Crippen LogP contribution is -2.50. The number of likely N-dealkylation sites (tertiary alicyclic amines) is 1. The van der Waals surface area contributed by atoms with E-state index < -0.39 is 11.6 Å². The summed E-state index contributed by atoms with van der Waals surface area (Å²) < 4.78 is 37.6. The number of fused-ring (bicyclic) bond motifs is 1. The Hall–Kier alpha value is -3.31. The Kier molecular flexibility index (Phi) is 8.44. The highest BCUT2D eigenvalue weighted by Gasteiger charge is 2.41. The van der Waals surface area contributed by atoms with Gasteiger partial charge in [-0.2, -0.15) is 0 Å². The summed E-state index contributed by atoms with van der Waals surface area (Å²) in [6.07, 6.45) is 3.43. The number of carbonyl (C=O) groups excluding carboxylic acids is 1. The summed E-state index contributed by atoms with van der Waals surface area (Å²) in [6, 6.07) is 7.12. The van der Waals surface area contributed by atoms with Crippen molar-refractivity contribution in [3.8, 4) is 11.3 Å². The van der Waals surface area contributed by atoms with Gasteiger partial charge >= 0.3 is 0 Å². The van der Waals surface area contributed by atoms with Crippen molar-refractivity contribution in [1.82, 2.24) is 24.5 Å². The summed E-state index contributed by atoms with van der Waals surface area (Å²) in [7, 11) is 1.70. The quantitative estimate of drug-likeness (QED) is 0.178. The number of rotatable bonds is 8. The van der Waals surface area contributed by atoms with Gasteiger partial charge in [-0.05, 0) is 78.4 Å². The molecule has 11 heteroatoms. The third kappa shape index (κ3) is 5.32. The average molecular weight is 644 g/mol. The van der Waals surface area contributed by atoms with E-state index >= 15 is 0 Å². The molecule has 2 aromatic carbocycles. The second-order valence-corrected chi connectivity index (χ2v) is 12.5. The van der Waals surface area contributed by atoms with Crippen LogP contribution in [0.1, 0.15) is 48.3 Å². The Morgan fingerprint density at radius 1 is 1.24 bits per heavy atom. The molecule has 224 valence electrons. The van der Waals surface area contributed by atoms with Crippen LogP contribution in [0.25, 0.3) is 22.2 Å². The normalized spacial score (nSPS) is 17.5. The van der Waals surface area contributed by atoms with Crippen molar-refractivity contribution in [1.29, 1.82) is 0 Å². The maximum atomic E-state index is 14.4. The van der Waals surface area contributed by atoms with Crippen molar-refractivity contribution < 1.29 is 18.3 Å². The van der Waals surface area contributed by atoms with E-state index in [-0.39, 0.29) is 38.7 Å². The lowest BCUT2D eigenvalue weighted by atomic mass is 9.71. The first-order chi connectivity index (χ1) is 20.0. The van der Waals surface area contributed by atoms with E-state index in [9.17, 15) is 13.6 Å². The lowest BCUT2D eigenvalue weighted by molar-refractivity contribution is 0.0239. The zero-order valence-corrected chi connectivity index (χ0v) is 26.3. The summed E-state index contributed by atoms with van der Waals surface area (Å²) in [6.45, 7) is 11.6. The minimum absolute atomic E-state index is 0.0104. The minimum atomic E-state index is -0.866. The fourth-order valence-electron chi connectivity index (χ4n) is 6.20. The number of aromatic nitrogens is 4. The summed E-state index contributed by atoms with van der Waals surface area (Å²) in [4.78, 5) is 15.8. The predicted molar refractivity (Wildman–Crippen MR) is 163 cm³/mol. The van der Waals surface area contributed by atoms with E-state index in [0.717, 1.165) is 36.4 Å². The number of aryl methyl sites for hydroxylation is 1. The first-order valence-electron chi connectivity index (χ1n) is 14.2. The molecule has 1 aliphatic heterocycles. The molecule has 3 heterocycles. The fourth-order valence-corrected chi connectivity index (χ4v) is 6.52. The third-order valence-electron chi connectivity index (χ3n) is 9.02. The van der Waals surface area contributed by atoms with Gasteiger partial charge < -0.3 is 19.9 Å². The number of piperidine rings is 1. The average Bonchev–Trinajstić information content (AvgIpc) is 3.53. The van der Waals surface area contributed by atoms with E-state index in [1.54, 1.807) is 18.0 Å². The monoisotopic (exact) mass is 642 g/mol. The Balaban J connectivity index is 1.40. The molecule has 0 saturated carbocycles. The van der Waals surface area contributed by atoms with Gasteiger partial charge in [-0.1, -0.05) is 19.1 Å². The van der Waals surface area contributed by atoms with E-state index in [0.29, 0.717) is 31.8 Å². The Labute approximate surface area is 252 Å². The van der Waals surface area contributed by atoms with Gasteiger partial charge in [0, 0.05) is 59.9 Å². The highest BCUT2D eigenvalue weighted by Crippen LogP contribution is 2.40. The summed E-state index contributed by atoms with van der Waals surface area (Å²) in [5.74, 6) is -1.39. The molecule has 1 saturated heterocycles. The number of hydrogen-bond acceptors (Lipinski definition) is 5. The van der Waals surface area contributed by atoms with Crippen molar-refractivity contribution >= 4 is 38.4 Å². The van der Waals surface area contributed by atoms with Crippen molar-refractivity contribution in [2.75, 3.05) is 32.5 Å². The largest absolute Gasteiger partial charge is 0.396 e. The van der Waals surface area contributed by atoms with Crippen molar-refractivity contribution in [2.24, 2.45) is 11.3 Å². The number of methoxy groups -OCH3 is 1. The smallest absolute Gasteiger partial charge is 0.253 e. The van der Waals surface area contributed by atoms with Crippen molar-refractivity contribution in [2.45, 2.75) is 53.6 Å². The third-order valence-corrected chi connectivity index (χ3v) is 9.74. The molecule has 0 radical (unpaired) electrons. The molecule has 5 rings (SSSR count). The van der Waals surface area contributed by atoms with Crippen LogP contribution in [0, 0.1) is 36.8 Å². The van der Waals surface area contributed by atoms with E-state index in [4.69, 9.17) is 10.5 Å². The second-order valence-electron chi connectivity index (χ2n) is 11.7. The number of nitrogens with zero attached hydrogens (tertiary/aromatic N) is 5. The van der Waals surface area contributed by atoms with Gasteiger partial charge in [0.15, 0.2) is 5.82 Å². The molecule has 1 aliphatic rings. The number of nitrogen functional groups attached to an aromatic ring is 1. The molecular weight excluding hydrogens is 606 g/mol. The number of halogens is 3. The van der Waals surface area contributed by atoms with Gasteiger partial charge in [-0.15, -0.1) is 5.10 Å². The van der Waals surface area contributed by atoms with Crippen LogP contribution >= 0.6 is 15.9 Å². The molecule has 1 unspecified atom stereocenters.